The van der Waals surface area contributed by atoms with Crippen molar-refractivity contribution in [2.24, 2.45) is 0 Å². The largest absolute Gasteiger partial charge is 0.494 e. The summed E-state index contributed by atoms with van der Waals surface area (Å²) in [6, 6.07) is 8.74. The Labute approximate surface area is 190 Å². The predicted molar refractivity (Wildman–Crippen MR) is 120 cm³/mol. The summed E-state index contributed by atoms with van der Waals surface area (Å²) in [6.07, 6.45) is 0.835. The fourth-order valence-corrected chi connectivity index (χ4v) is 4.07. The number of aromatic nitrogens is 2. The highest BCUT2D eigenvalue weighted by molar-refractivity contribution is 5.94. The molecule has 3 aromatic rings. The van der Waals surface area contributed by atoms with Crippen molar-refractivity contribution in [1.29, 1.82) is 0 Å². The number of benzene rings is 2. The van der Waals surface area contributed by atoms with Crippen molar-refractivity contribution in [1.82, 2.24) is 19.8 Å². The van der Waals surface area contributed by atoms with Gasteiger partial charge in [-0.05, 0) is 38.6 Å². The van der Waals surface area contributed by atoms with E-state index in [1.807, 2.05) is 7.05 Å². The van der Waals surface area contributed by atoms with Gasteiger partial charge in [0.2, 0.25) is 5.69 Å². The molecule has 1 aromatic heterocycles. The summed E-state index contributed by atoms with van der Waals surface area (Å²) >= 11 is 0. The predicted octanol–water partition coefficient (Wildman–Crippen LogP) is 4.12. The third kappa shape index (κ3) is 4.05. The molecule has 2 aromatic carbocycles. The summed E-state index contributed by atoms with van der Waals surface area (Å²) < 4.78 is 35.6. The first kappa shape index (κ1) is 22.4. The highest BCUT2D eigenvalue weighted by atomic mass is 19.1. The number of carbonyl (C=O) groups is 1. The maximum Gasteiger partial charge on any atom is 0.274 e. The molecule has 7 nitrogen and oxygen atoms in total. The Kier molecular flexibility index (Phi) is 6.11. The van der Waals surface area contributed by atoms with E-state index in [1.54, 1.807) is 28.5 Å². The van der Waals surface area contributed by atoms with Gasteiger partial charge in [0.05, 0.1) is 25.1 Å². The minimum Gasteiger partial charge on any atom is -0.494 e. The summed E-state index contributed by atoms with van der Waals surface area (Å²) in [5.41, 5.74) is 1.38. The first-order chi connectivity index (χ1) is 15.9. The van der Waals surface area contributed by atoms with Crippen LogP contribution in [0, 0.1) is 25.1 Å². The number of rotatable bonds is 5. The van der Waals surface area contributed by atoms with Gasteiger partial charge >= 0.3 is 0 Å². The molecule has 4 rings (SSSR count). The molecule has 1 N–H and O–H groups in total. The lowest BCUT2D eigenvalue weighted by atomic mass is 10.1. The standard InChI is InChI=1S/C24H23F2N5O2/c1-14-22(24(32)30-10-9-16(13-30)27-2)29-23(15-5-7-20(28-3)18(25)11-15)31(14)17-6-8-21(33-4)19(26)12-17/h5-8,11-12,16,27H,9-10,13H2,1-2,4H3/t16-/m0/s1. The number of methoxy groups -OCH3 is 1. The molecule has 0 radical (unpaired) electrons. The van der Waals surface area contributed by atoms with Gasteiger partial charge in [-0.1, -0.05) is 12.1 Å². The molecular formula is C24H23F2N5O2. The summed E-state index contributed by atoms with van der Waals surface area (Å²) in [5, 5.41) is 3.18. The number of carbonyl (C=O) groups excluding carboxylic acids is 1. The summed E-state index contributed by atoms with van der Waals surface area (Å²) in [4.78, 5) is 22.8. The van der Waals surface area contributed by atoms with E-state index < -0.39 is 11.6 Å². The number of nitrogens with zero attached hydrogens (tertiary/aromatic N) is 4. The van der Waals surface area contributed by atoms with E-state index in [0.29, 0.717) is 30.0 Å². The van der Waals surface area contributed by atoms with Crippen LogP contribution in [0.1, 0.15) is 22.6 Å². The topological polar surface area (TPSA) is 63.8 Å². The average Bonchev–Trinajstić information content (AvgIpc) is 3.43. The van der Waals surface area contributed by atoms with Crippen LogP contribution in [0.3, 0.4) is 0 Å². The van der Waals surface area contributed by atoms with Crippen LogP contribution >= 0.6 is 0 Å². The van der Waals surface area contributed by atoms with Gasteiger partial charge in [0.15, 0.2) is 11.6 Å². The second-order valence-corrected chi connectivity index (χ2v) is 7.83. The van der Waals surface area contributed by atoms with E-state index in [2.05, 4.69) is 15.1 Å². The molecule has 2 heterocycles. The molecular weight excluding hydrogens is 428 g/mol. The molecule has 1 aliphatic heterocycles. The van der Waals surface area contributed by atoms with Gasteiger partial charge < -0.3 is 15.0 Å². The van der Waals surface area contributed by atoms with Crippen LogP contribution in [0.2, 0.25) is 0 Å². The van der Waals surface area contributed by atoms with Gasteiger partial charge in [-0.2, -0.15) is 0 Å². The van der Waals surface area contributed by atoms with Crippen LogP contribution < -0.4 is 10.1 Å². The molecule has 1 amide bonds. The zero-order valence-electron chi connectivity index (χ0n) is 18.5. The van der Waals surface area contributed by atoms with Crippen molar-refractivity contribution < 1.29 is 18.3 Å². The molecule has 170 valence electrons. The normalized spacial score (nSPS) is 15.5. The number of imidazole rings is 1. The van der Waals surface area contributed by atoms with E-state index in [4.69, 9.17) is 11.3 Å². The lowest BCUT2D eigenvalue weighted by Crippen LogP contribution is -2.34. The monoisotopic (exact) mass is 451 g/mol. The summed E-state index contributed by atoms with van der Waals surface area (Å²) in [5.74, 6) is -1.15. The lowest BCUT2D eigenvalue weighted by Gasteiger charge is -2.16. The van der Waals surface area contributed by atoms with Crippen molar-refractivity contribution >= 4 is 11.6 Å². The molecule has 1 saturated heterocycles. The Morgan fingerprint density at radius 2 is 2.03 bits per heavy atom. The molecule has 0 spiro atoms. The average molecular weight is 451 g/mol. The highest BCUT2D eigenvalue weighted by Crippen LogP contribution is 2.32. The van der Waals surface area contributed by atoms with Gasteiger partial charge in [0.1, 0.15) is 17.3 Å². The fraction of sp³-hybridized carbons (Fsp3) is 0.292. The van der Waals surface area contributed by atoms with Gasteiger partial charge in [0, 0.05) is 30.8 Å². The van der Waals surface area contributed by atoms with Gasteiger partial charge in [-0.3, -0.25) is 9.36 Å². The van der Waals surface area contributed by atoms with Crippen LogP contribution in [-0.4, -0.2) is 53.6 Å². The van der Waals surface area contributed by atoms with Gasteiger partial charge in [0.25, 0.3) is 5.91 Å². The third-order valence-corrected chi connectivity index (χ3v) is 5.91. The van der Waals surface area contributed by atoms with Crippen LogP contribution in [-0.2, 0) is 0 Å². The molecule has 0 unspecified atom stereocenters. The molecule has 1 atom stereocenters. The number of likely N-dealkylation sites (N-methyl/N-ethyl adjacent to an activating group) is 1. The van der Waals surface area contributed by atoms with Crippen molar-refractivity contribution in [3.05, 3.63) is 70.8 Å². The minimum atomic E-state index is -0.695. The lowest BCUT2D eigenvalue weighted by molar-refractivity contribution is 0.0783. The summed E-state index contributed by atoms with van der Waals surface area (Å²) in [6.45, 7) is 9.95. The number of hydrogen-bond acceptors (Lipinski definition) is 4. The second kappa shape index (κ2) is 9.00. The molecule has 0 bridgehead atoms. The number of ether oxygens (including phenoxy) is 1. The van der Waals surface area contributed by atoms with E-state index in [9.17, 15) is 13.6 Å². The van der Waals surface area contributed by atoms with Crippen LogP contribution in [0.25, 0.3) is 21.9 Å². The van der Waals surface area contributed by atoms with Crippen LogP contribution in [0.5, 0.6) is 5.75 Å². The molecule has 33 heavy (non-hydrogen) atoms. The van der Waals surface area contributed by atoms with Crippen molar-refractivity contribution in [2.45, 2.75) is 19.4 Å². The number of likely N-dealkylation sites (tertiary alicyclic amines) is 1. The fourth-order valence-electron chi connectivity index (χ4n) is 4.07. The Balaban J connectivity index is 1.86. The van der Waals surface area contributed by atoms with E-state index >= 15 is 0 Å². The SMILES string of the molecule is [C-]#[N+]c1ccc(-c2nc(C(=O)N3CC[C@H](NC)C3)c(C)n2-c2ccc(OC)c(F)c2)cc1F. The summed E-state index contributed by atoms with van der Waals surface area (Å²) in [7, 11) is 3.23. The van der Waals surface area contributed by atoms with Gasteiger partial charge in [-0.25, -0.2) is 18.6 Å². The third-order valence-electron chi connectivity index (χ3n) is 5.91. The zero-order valence-corrected chi connectivity index (χ0v) is 18.5. The van der Waals surface area contributed by atoms with Gasteiger partial charge in [-0.15, -0.1) is 0 Å². The molecule has 9 heteroatoms. The smallest absolute Gasteiger partial charge is 0.274 e. The molecule has 0 aliphatic carbocycles. The van der Waals surface area contributed by atoms with Crippen molar-refractivity contribution in [3.63, 3.8) is 0 Å². The molecule has 1 fully saturated rings. The maximum atomic E-state index is 14.5. The minimum absolute atomic E-state index is 0.0806. The van der Waals surface area contributed by atoms with E-state index in [0.717, 1.165) is 6.42 Å². The highest BCUT2D eigenvalue weighted by Gasteiger charge is 2.30. The van der Waals surface area contributed by atoms with E-state index in [-0.39, 0.29) is 34.9 Å². The maximum absolute atomic E-state index is 14.5. The van der Waals surface area contributed by atoms with Crippen molar-refractivity contribution in [3.8, 4) is 22.8 Å². The number of halogens is 2. The molecule has 1 aliphatic rings. The zero-order chi connectivity index (χ0) is 23.7. The number of nitrogens with one attached hydrogen (secondary N) is 1. The Hall–Kier alpha value is -3.77. The first-order valence-electron chi connectivity index (χ1n) is 10.4. The number of hydrogen-bond donors (Lipinski definition) is 1. The van der Waals surface area contributed by atoms with Crippen molar-refractivity contribution in [2.75, 3.05) is 27.2 Å². The second-order valence-electron chi connectivity index (χ2n) is 7.83. The molecule has 0 saturated carbocycles. The first-order valence-corrected chi connectivity index (χ1v) is 10.4. The van der Waals surface area contributed by atoms with Crippen LogP contribution in [0.4, 0.5) is 14.5 Å². The Morgan fingerprint density at radius 1 is 1.24 bits per heavy atom. The Morgan fingerprint density at radius 3 is 2.64 bits per heavy atom. The van der Waals surface area contributed by atoms with E-state index in [1.165, 1.54) is 31.4 Å². The van der Waals surface area contributed by atoms with Crippen LogP contribution in [0.15, 0.2) is 36.4 Å². The quantitative estimate of drug-likeness (QED) is 0.593. The Bertz CT molecular complexity index is 1260. The number of amides is 1.